The summed E-state index contributed by atoms with van der Waals surface area (Å²) in [5.41, 5.74) is 4.60. The first kappa shape index (κ1) is 7.26. The number of hydrogen-bond donors (Lipinski definition) is 2. The van der Waals surface area contributed by atoms with Gasteiger partial charge in [-0.05, 0) is 11.0 Å². The number of nitro groups is 1. The van der Waals surface area contributed by atoms with Gasteiger partial charge in [0.2, 0.25) is 0 Å². The summed E-state index contributed by atoms with van der Waals surface area (Å²) >= 11 is 0. The van der Waals surface area contributed by atoms with Gasteiger partial charge in [0.05, 0.1) is 0 Å². The van der Waals surface area contributed by atoms with Crippen LogP contribution in [0.1, 0.15) is 0 Å². The van der Waals surface area contributed by atoms with Crippen molar-refractivity contribution < 1.29 is 4.92 Å². The summed E-state index contributed by atoms with van der Waals surface area (Å²) in [6, 6.07) is 2.32. The van der Waals surface area contributed by atoms with Gasteiger partial charge in [0.25, 0.3) is 0 Å². The molecule has 6 nitrogen and oxygen atoms in total. The molecule has 11 heavy (non-hydrogen) atoms. The summed E-state index contributed by atoms with van der Waals surface area (Å²) in [6.07, 6.45) is 0. The highest BCUT2D eigenvalue weighted by Crippen LogP contribution is 2.12. The molecule has 0 saturated heterocycles. The molecule has 1 heterocycles. The SMILES string of the molecule is Nc1ccc(=O)[nH]c1[N+](=O)[O-]. The van der Waals surface area contributed by atoms with E-state index in [9.17, 15) is 14.9 Å². The summed E-state index contributed by atoms with van der Waals surface area (Å²) in [7, 11) is 0. The predicted molar refractivity (Wildman–Crippen MR) is 38.1 cm³/mol. The second-order valence-electron chi connectivity index (χ2n) is 1.88. The zero-order chi connectivity index (χ0) is 8.43. The molecule has 6 heteroatoms. The van der Waals surface area contributed by atoms with Gasteiger partial charge in [-0.1, -0.05) is 0 Å². The van der Waals surface area contributed by atoms with Crippen molar-refractivity contribution >= 4 is 11.5 Å². The normalized spacial score (nSPS) is 9.45. The number of aromatic amines is 1. The monoisotopic (exact) mass is 155 g/mol. The Morgan fingerprint density at radius 3 is 2.64 bits per heavy atom. The van der Waals surface area contributed by atoms with Crippen LogP contribution in [0.15, 0.2) is 16.9 Å². The van der Waals surface area contributed by atoms with E-state index in [2.05, 4.69) is 0 Å². The predicted octanol–water partition coefficient (Wildman–Crippen LogP) is -0.135. The molecule has 0 bridgehead atoms. The van der Waals surface area contributed by atoms with Gasteiger partial charge in [0, 0.05) is 6.07 Å². The van der Waals surface area contributed by atoms with Crippen molar-refractivity contribution in [3.8, 4) is 0 Å². The number of rotatable bonds is 1. The minimum absolute atomic E-state index is 0.0467. The molecular weight excluding hydrogens is 150 g/mol. The minimum Gasteiger partial charge on any atom is -0.392 e. The lowest BCUT2D eigenvalue weighted by molar-refractivity contribution is -0.388. The van der Waals surface area contributed by atoms with Crippen molar-refractivity contribution in [2.45, 2.75) is 0 Å². The van der Waals surface area contributed by atoms with Gasteiger partial charge >= 0.3 is 11.4 Å². The second kappa shape index (κ2) is 2.41. The molecule has 0 saturated carbocycles. The maximum atomic E-state index is 10.5. The van der Waals surface area contributed by atoms with E-state index in [1.165, 1.54) is 6.07 Å². The van der Waals surface area contributed by atoms with E-state index in [0.717, 1.165) is 6.07 Å². The third-order valence-electron chi connectivity index (χ3n) is 1.11. The molecule has 58 valence electrons. The van der Waals surface area contributed by atoms with Crippen molar-refractivity contribution in [3.05, 3.63) is 32.6 Å². The highest BCUT2D eigenvalue weighted by molar-refractivity contribution is 5.51. The van der Waals surface area contributed by atoms with Crippen LogP contribution >= 0.6 is 0 Å². The molecule has 0 aromatic carbocycles. The largest absolute Gasteiger partial charge is 0.392 e. The molecule has 0 spiro atoms. The summed E-state index contributed by atoms with van der Waals surface area (Å²) in [4.78, 5) is 21.9. The first-order valence-corrected chi connectivity index (χ1v) is 2.74. The number of anilines is 1. The van der Waals surface area contributed by atoms with E-state index in [4.69, 9.17) is 5.73 Å². The number of H-pyrrole nitrogens is 1. The van der Waals surface area contributed by atoms with E-state index < -0.39 is 16.3 Å². The number of aromatic nitrogens is 1. The lowest BCUT2D eigenvalue weighted by atomic mass is 10.4. The van der Waals surface area contributed by atoms with E-state index in [-0.39, 0.29) is 5.69 Å². The Bertz CT molecular complexity index is 343. The third kappa shape index (κ3) is 1.34. The van der Waals surface area contributed by atoms with Gasteiger partial charge < -0.3 is 15.8 Å². The van der Waals surface area contributed by atoms with Gasteiger partial charge in [-0.2, -0.15) is 0 Å². The van der Waals surface area contributed by atoms with Crippen LogP contribution in [0.2, 0.25) is 0 Å². The van der Waals surface area contributed by atoms with Gasteiger partial charge in [-0.3, -0.25) is 0 Å². The first-order chi connectivity index (χ1) is 5.11. The quantitative estimate of drug-likeness (QED) is 0.435. The third-order valence-corrected chi connectivity index (χ3v) is 1.11. The first-order valence-electron chi connectivity index (χ1n) is 2.74. The molecule has 1 aromatic heterocycles. The summed E-state index contributed by atoms with van der Waals surface area (Å²) in [5, 5.41) is 10.1. The number of nitrogen functional groups attached to an aromatic ring is 1. The fraction of sp³-hybridized carbons (Fsp3) is 0. The Balaban J connectivity index is 3.35. The van der Waals surface area contributed by atoms with Gasteiger partial charge in [-0.25, -0.2) is 9.78 Å². The maximum Gasteiger partial charge on any atom is 0.346 e. The van der Waals surface area contributed by atoms with Crippen molar-refractivity contribution in [1.29, 1.82) is 0 Å². The topological polar surface area (TPSA) is 102 Å². The highest BCUT2D eigenvalue weighted by atomic mass is 16.6. The maximum absolute atomic E-state index is 10.5. The minimum atomic E-state index is -0.739. The van der Waals surface area contributed by atoms with Crippen LogP contribution in [-0.4, -0.2) is 9.91 Å². The Hall–Kier alpha value is -1.85. The van der Waals surface area contributed by atoms with E-state index in [0.29, 0.717) is 0 Å². The van der Waals surface area contributed by atoms with Crippen LogP contribution < -0.4 is 11.3 Å². The van der Waals surface area contributed by atoms with Crippen molar-refractivity contribution in [2.24, 2.45) is 0 Å². The Morgan fingerprint density at radius 1 is 1.55 bits per heavy atom. The molecule has 0 aliphatic rings. The Labute approximate surface area is 60.8 Å². The van der Waals surface area contributed by atoms with E-state index in [1.54, 1.807) is 0 Å². The molecule has 1 rings (SSSR count). The molecule has 0 aliphatic heterocycles. The highest BCUT2D eigenvalue weighted by Gasteiger charge is 2.08. The van der Waals surface area contributed by atoms with Crippen LogP contribution in [0.5, 0.6) is 0 Å². The van der Waals surface area contributed by atoms with Gasteiger partial charge in [0.15, 0.2) is 0 Å². The number of hydrogen-bond acceptors (Lipinski definition) is 4. The van der Waals surface area contributed by atoms with Crippen LogP contribution in [0.25, 0.3) is 0 Å². The van der Waals surface area contributed by atoms with Crippen molar-refractivity contribution in [2.75, 3.05) is 5.73 Å². The van der Waals surface area contributed by atoms with Crippen LogP contribution in [0.3, 0.4) is 0 Å². The molecule has 0 aliphatic carbocycles. The number of nitrogens with zero attached hydrogens (tertiary/aromatic N) is 1. The number of nitrogens with one attached hydrogen (secondary N) is 1. The fourth-order valence-corrected chi connectivity index (χ4v) is 0.626. The van der Waals surface area contributed by atoms with Crippen LogP contribution in [0, 0.1) is 10.1 Å². The average molecular weight is 155 g/mol. The molecule has 0 radical (unpaired) electrons. The molecule has 0 unspecified atom stereocenters. The van der Waals surface area contributed by atoms with E-state index in [1.807, 2.05) is 4.98 Å². The lowest BCUT2D eigenvalue weighted by Crippen LogP contribution is -2.08. The fourth-order valence-electron chi connectivity index (χ4n) is 0.626. The number of pyridine rings is 1. The standard InChI is InChI=1S/C5H5N3O3/c6-3-1-2-4(9)7-5(3)8(10)11/h1-2H,6H2,(H,7,9). The summed E-state index contributed by atoms with van der Waals surface area (Å²) in [5.74, 6) is -0.461. The van der Waals surface area contributed by atoms with Gasteiger partial charge in [0.1, 0.15) is 5.69 Å². The average Bonchev–Trinajstić information content (AvgIpc) is 1.94. The van der Waals surface area contributed by atoms with Crippen LogP contribution in [0.4, 0.5) is 11.5 Å². The summed E-state index contributed by atoms with van der Waals surface area (Å²) < 4.78 is 0. The molecule has 3 N–H and O–H groups in total. The van der Waals surface area contributed by atoms with Crippen LogP contribution in [-0.2, 0) is 0 Å². The summed E-state index contributed by atoms with van der Waals surface area (Å²) in [6.45, 7) is 0. The smallest absolute Gasteiger partial charge is 0.346 e. The number of nitrogens with two attached hydrogens (primary N) is 1. The molecular formula is C5H5N3O3. The van der Waals surface area contributed by atoms with Gasteiger partial charge in [-0.15, -0.1) is 0 Å². The van der Waals surface area contributed by atoms with E-state index >= 15 is 0 Å². The molecule has 0 amide bonds. The molecule has 1 aromatic rings. The Kier molecular flexibility index (Phi) is 1.59. The second-order valence-corrected chi connectivity index (χ2v) is 1.88. The zero-order valence-electron chi connectivity index (χ0n) is 5.40. The Morgan fingerprint density at radius 2 is 2.18 bits per heavy atom. The lowest BCUT2D eigenvalue weighted by Gasteiger charge is -1.95. The molecule has 0 atom stereocenters. The zero-order valence-corrected chi connectivity index (χ0v) is 5.40. The molecule has 0 fully saturated rings. The van der Waals surface area contributed by atoms with Crippen molar-refractivity contribution in [3.63, 3.8) is 0 Å². The van der Waals surface area contributed by atoms with Crippen molar-refractivity contribution in [1.82, 2.24) is 4.98 Å².